The van der Waals surface area contributed by atoms with Crippen LogP contribution in [0.4, 0.5) is 14.4 Å². The highest BCUT2D eigenvalue weighted by atomic mass is 32.2. The molecule has 3 amide bonds. The van der Waals surface area contributed by atoms with Gasteiger partial charge < -0.3 is 28.4 Å². The van der Waals surface area contributed by atoms with E-state index >= 15 is 0 Å². The van der Waals surface area contributed by atoms with E-state index in [1.54, 1.807) is 96.1 Å². The molecule has 57 heavy (non-hydrogen) atoms. The first kappa shape index (κ1) is 46.6. The molecule has 0 aliphatic heterocycles. The summed E-state index contributed by atoms with van der Waals surface area (Å²) in [6.45, 7) is 9.27. The molecule has 0 bridgehead atoms. The molecule has 0 saturated heterocycles. The molecule has 21 heteroatoms. The first-order valence-electron chi connectivity index (χ1n) is 17.3. The molecule has 3 aromatic rings. The average molecular weight is 858 g/mol. The van der Waals surface area contributed by atoms with Gasteiger partial charge in [0.2, 0.25) is 0 Å². The molecule has 0 aromatic heterocycles. The molecule has 0 aliphatic carbocycles. The first-order valence-corrected chi connectivity index (χ1v) is 20.4. The third-order valence-corrected chi connectivity index (χ3v) is 9.50. The number of hydrogen-bond acceptors (Lipinski definition) is 15. The zero-order chi connectivity index (χ0) is 42.2. The lowest BCUT2D eigenvalue weighted by molar-refractivity contribution is 0.0915. The summed E-state index contributed by atoms with van der Waals surface area (Å²) >= 11 is -7.72. The van der Waals surface area contributed by atoms with Gasteiger partial charge in [0.1, 0.15) is 6.10 Å². The van der Waals surface area contributed by atoms with Crippen molar-refractivity contribution in [2.45, 2.75) is 66.0 Å². The summed E-state index contributed by atoms with van der Waals surface area (Å²) in [7, 11) is 3.35. The van der Waals surface area contributed by atoms with E-state index in [-0.39, 0.29) is 52.8 Å². The average Bonchev–Trinajstić information content (AvgIpc) is 3.16. The van der Waals surface area contributed by atoms with Gasteiger partial charge in [-0.15, -0.1) is 0 Å². The molecule has 314 valence electrons. The second-order valence-electron chi connectivity index (χ2n) is 12.4. The van der Waals surface area contributed by atoms with Crippen LogP contribution in [0.3, 0.4) is 0 Å². The van der Waals surface area contributed by atoms with Crippen molar-refractivity contribution in [3.63, 3.8) is 0 Å². The number of amides is 3. The minimum absolute atomic E-state index is 0.0377. The van der Waals surface area contributed by atoms with Crippen molar-refractivity contribution in [2.24, 2.45) is 0 Å². The van der Waals surface area contributed by atoms with Crippen molar-refractivity contribution in [3.05, 3.63) is 72.8 Å². The summed E-state index contributed by atoms with van der Waals surface area (Å²) in [5, 5.41) is 0. The summed E-state index contributed by atoms with van der Waals surface area (Å²) in [4.78, 5) is 38.7. The lowest BCUT2D eigenvalue weighted by atomic mass is 10.3. The number of para-hydroxylation sites is 6. The second-order valence-corrected chi connectivity index (χ2v) is 16.0. The van der Waals surface area contributed by atoms with Crippen LogP contribution in [0.15, 0.2) is 72.8 Å². The molecule has 0 fully saturated rings. The lowest BCUT2D eigenvalue weighted by Crippen LogP contribution is -2.39. The molecule has 0 aliphatic rings. The van der Waals surface area contributed by atoms with Gasteiger partial charge in [-0.05, 0) is 77.9 Å². The van der Waals surface area contributed by atoms with Gasteiger partial charge in [-0.2, -0.15) is 0 Å². The van der Waals surface area contributed by atoms with Crippen LogP contribution in [0.25, 0.3) is 0 Å². The van der Waals surface area contributed by atoms with Crippen LogP contribution in [-0.2, 0) is 46.3 Å². The Balaban J connectivity index is 1.72. The van der Waals surface area contributed by atoms with Crippen LogP contribution in [0.5, 0.6) is 34.5 Å². The lowest BCUT2D eigenvalue weighted by Gasteiger charge is -2.23. The molecule has 3 unspecified atom stereocenters. The van der Waals surface area contributed by atoms with Crippen molar-refractivity contribution < 1.29 is 68.0 Å². The molecule has 0 radical (unpaired) electrons. The number of ether oxygens (including phenoxy) is 6. The molecular weight excluding hydrogens is 811 g/mol. The standard InChI is InChI=1S/C36H47N3O15S3/c1-24(2)48-28-16-10-13-19-31(28)51-34(40)37(7)55(43)46-22-27(54-57(45)39(9)36(42)53-33-21-15-12-18-30(33)50-26(5)6)23-47-56(44)38(8)35(41)52-32-20-14-11-17-29(32)49-25(3)4/h10-21,24-27H,22-23H2,1-9H3. The number of carbonyl (C=O) groups excluding carboxylic acids is 3. The van der Waals surface area contributed by atoms with Gasteiger partial charge in [0.05, 0.1) is 31.5 Å². The monoisotopic (exact) mass is 857 g/mol. The molecule has 3 atom stereocenters. The summed E-state index contributed by atoms with van der Waals surface area (Å²) < 4.78 is 90.4. The van der Waals surface area contributed by atoms with Gasteiger partial charge in [0.25, 0.3) is 33.8 Å². The Morgan fingerprint density at radius 2 is 0.737 bits per heavy atom. The predicted molar refractivity (Wildman–Crippen MR) is 209 cm³/mol. The molecule has 18 nitrogen and oxygen atoms in total. The minimum atomic E-state index is -2.63. The van der Waals surface area contributed by atoms with Gasteiger partial charge >= 0.3 is 18.3 Å². The molecule has 3 rings (SSSR count). The smallest absolute Gasteiger partial charge is 0.428 e. The highest BCUT2D eigenvalue weighted by Crippen LogP contribution is 2.30. The maximum atomic E-state index is 13.3. The fourth-order valence-electron chi connectivity index (χ4n) is 4.03. The van der Waals surface area contributed by atoms with Gasteiger partial charge in [-0.25, -0.2) is 39.9 Å². The second kappa shape index (κ2) is 22.8. The summed E-state index contributed by atoms with van der Waals surface area (Å²) in [6, 6.07) is 19.0. The van der Waals surface area contributed by atoms with Crippen molar-refractivity contribution in [1.29, 1.82) is 0 Å². The van der Waals surface area contributed by atoms with Crippen LogP contribution in [-0.4, -0.2) is 103 Å². The Bertz CT molecular complexity index is 1790. The SMILES string of the molecule is CC(C)Oc1ccccc1OC(=O)N(C)S(=O)OCC(COS(=O)N(C)C(=O)Oc1ccccc1OC(C)C)OS(=O)N(C)C(=O)Oc1ccccc1OC(C)C. The number of rotatable bonds is 20. The summed E-state index contributed by atoms with van der Waals surface area (Å²) in [5.74, 6) is 0.933. The number of hydrogen-bond donors (Lipinski definition) is 0. The Morgan fingerprint density at radius 1 is 0.474 bits per heavy atom. The van der Waals surface area contributed by atoms with Gasteiger partial charge in [0.15, 0.2) is 34.5 Å². The number of carbonyl (C=O) groups is 3. The Hall–Kier alpha value is -4.80. The Kier molecular flexibility index (Phi) is 18.6. The third kappa shape index (κ3) is 15.2. The molecule has 3 aromatic carbocycles. The quantitative estimate of drug-likeness (QED) is 0.130. The van der Waals surface area contributed by atoms with Crippen molar-refractivity contribution in [3.8, 4) is 34.5 Å². The van der Waals surface area contributed by atoms with E-state index in [9.17, 15) is 27.0 Å². The van der Waals surface area contributed by atoms with E-state index < -0.39 is 71.4 Å². The number of nitrogens with zero attached hydrogens (tertiary/aromatic N) is 3. The Morgan fingerprint density at radius 3 is 1.02 bits per heavy atom. The highest BCUT2D eigenvalue weighted by Gasteiger charge is 2.29. The summed E-state index contributed by atoms with van der Waals surface area (Å²) in [5.41, 5.74) is 0. The Labute approximate surface area is 339 Å². The molecule has 0 N–H and O–H groups in total. The maximum Gasteiger partial charge on any atom is 0.428 e. The number of benzene rings is 3. The van der Waals surface area contributed by atoms with Crippen LogP contribution in [0, 0.1) is 0 Å². The van der Waals surface area contributed by atoms with Crippen LogP contribution < -0.4 is 28.4 Å². The first-order chi connectivity index (χ1) is 27.0. The normalized spacial score (nSPS) is 13.3. The molecular formula is C36H47N3O15S3. The molecule has 0 saturated carbocycles. The van der Waals surface area contributed by atoms with E-state index in [4.69, 9.17) is 41.0 Å². The fraction of sp³-hybridized carbons (Fsp3) is 0.417. The van der Waals surface area contributed by atoms with E-state index in [0.717, 1.165) is 21.1 Å². The van der Waals surface area contributed by atoms with E-state index in [2.05, 4.69) is 0 Å². The van der Waals surface area contributed by atoms with Crippen molar-refractivity contribution in [1.82, 2.24) is 12.9 Å². The fourth-order valence-corrected chi connectivity index (χ4v) is 5.83. The predicted octanol–water partition coefficient (Wildman–Crippen LogP) is 5.89. The topological polar surface area (TPSA) is 195 Å². The van der Waals surface area contributed by atoms with Crippen LogP contribution >= 0.6 is 0 Å². The zero-order valence-corrected chi connectivity index (χ0v) is 35.3. The van der Waals surface area contributed by atoms with E-state index in [0.29, 0.717) is 12.9 Å². The van der Waals surface area contributed by atoms with Crippen LogP contribution in [0.2, 0.25) is 0 Å². The molecule has 0 spiro atoms. The largest absolute Gasteiger partial charge is 0.487 e. The van der Waals surface area contributed by atoms with E-state index in [1.165, 1.54) is 18.2 Å². The van der Waals surface area contributed by atoms with Gasteiger partial charge in [-0.1, -0.05) is 36.4 Å². The van der Waals surface area contributed by atoms with Crippen molar-refractivity contribution >= 4 is 52.1 Å². The minimum Gasteiger partial charge on any atom is -0.487 e. The maximum absolute atomic E-state index is 13.3. The van der Waals surface area contributed by atoms with E-state index in [1.807, 2.05) is 0 Å². The van der Waals surface area contributed by atoms with Crippen molar-refractivity contribution in [2.75, 3.05) is 34.4 Å². The molecule has 0 heterocycles. The van der Waals surface area contributed by atoms with Crippen LogP contribution in [0.1, 0.15) is 41.5 Å². The zero-order valence-electron chi connectivity index (χ0n) is 32.8. The summed E-state index contributed by atoms with van der Waals surface area (Å²) in [6.07, 6.45) is -5.51. The third-order valence-electron chi connectivity index (χ3n) is 6.60. The van der Waals surface area contributed by atoms with Gasteiger partial charge in [-0.3, -0.25) is 12.5 Å². The highest BCUT2D eigenvalue weighted by molar-refractivity contribution is 7.78. The van der Waals surface area contributed by atoms with Gasteiger partial charge in [0, 0.05) is 21.1 Å².